The molecule has 0 saturated heterocycles. The van der Waals surface area contributed by atoms with Crippen molar-refractivity contribution < 1.29 is 4.21 Å². The van der Waals surface area contributed by atoms with Gasteiger partial charge in [-0.2, -0.15) is 10.2 Å². The summed E-state index contributed by atoms with van der Waals surface area (Å²) in [5, 5.41) is 15.5. The minimum Gasteiger partial charge on any atom is -0.324 e. The van der Waals surface area contributed by atoms with E-state index in [1.165, 1.54) is 0 Å². The molecule has 0 amide bonds. The Balaban J connectivity index is 0.000000168. The van der Waals surface area contributed by atoms with Gasteiger partial charge in [0.1, 0.15) is 0 Å². The summed E-state index contributed by atoms with van der Waals surface area (Å²) in [5.41, 5.74) is 9.27. The Hall–Kier alpha value is -6.92. The molecule has 0 bridgehead atoms. The van der Waals surface area contributed by atoms with Gasteiger partial charge in [-0.25, -0.2) is 29.3 Å². The van der Waals surface area contributed by atoms with Crippen molar-refractivity contribution in [3.63, 3.8) is 0 Å². The van der Waals surface area contributed by atoms with Gasteiger partial charge in [0.25, 0.3) is 0 Å². The van der Waals surface area contributed by atoms with Gasteiger partial charge in [0, 0.05) is 52.2 Å². The third kappa shape index (κ3) is 8.41. The number of aromatic nitrogens is 8. The smallest absolute Gasteiger partial charge is 0.227 e. The molecule has 11 nitrogen and oxygen atoms in total. The molecule has 0 aliphatic carbocycles. The zero-order valence-corrected chi connectivity index (χ0v) is 30.9. The lowest BCUT2D eigenvalue weighted by Crippen LogP contribution is -2.00. The lowest BCUT2D eigenvalue weighted by atomic mass is 10.2. The second-order valence-corrected chi connectivity index (χ2v) is 15.0. The number of nitrogens with zero attached hydrogens (tertiary/aromatic N) is 8. The normalized spacial score (nSPS) is 11.9. The molecule has 2 N–H and O–H groups in total. The van der Waals surface area contributed by atoms with Gasteiger partial charge in [-0.15, -0.1) is 0 Å². The summed E-state index contributed by atoms with van der Waals surface area (Å²) in [6, 6.07) is 41.0. The maximum atomic E-state index is 12.0. The molecule has 0 saturated carbocycles. The Bertz CT molecular complexity index is 2590. The number of aryl methyl sites for hydroxylation is 1. The topological polar surface area (TPSA) is 128 Å². The van der Waals surface area contributed by atoms with Crippen LogP contribution in [0.2, 0.25) is 0 Å². The van der Waals surface area contributed by atoms with E-state index >= 15 is 0 Å². The van der Waals surface area contributed by atoms with E-state index < -0.39 is 9.52 Å². The Morgan fingerprint density at radius 2 is 1.15 bits per heavy atom. The SMILES string of the molecule is C=S(C)(=O)c1ccc(Nc2nccc(-c3cnn(-c4ccccc4)c3C)n2)cc1.Cc1nn(-c2ccccc2)cc1-c1ccnc(Nc2ccccc2)n1. The molecule has 0 fully saturated rings. The maximum absolute atomic E-state index is 12.0. The van der Waals surface area contributed by atoms with Crippen LogP contribution >= 0.6 is 0 Å². The summed E-state index contributed by atoms with van der Waals surface area (Å²) < 4.78 is 15.8. The minimum atomic E-state index is -2.23. The van der Waals surface area contributed by atoms with Crippen molar-refractivity contribution >= 4 is 38.7 Å². The van der Waals surface area contributed by atoms with E-state index in [0.717, 1.165) is 56.7 Å². The standard InChI is InChI=1S/C22H21N5OS.C20H17N5/c1-16-20(15-24-27(16)18-7-5-4-6-8-18)21-13-14-23-22(26-21)25-17-9-11-19(12-10-17)29(2,3)28;1-15-18(14-25(24-15)17-10-6-3-7-11-17)19-12-13-21-20(23-19)22-16-8-4-2-5-9-16/h4-15H,2H2,1,3H3,(H,23,25,26);2-14H,1H3,(H,21,22,23). The van der Waals surface area contributed by atoms with E-state index in [1.807, 2.05) is 151 Å². The van der Waals surface area contributed by atoms with E-state index in [4.69, 9.17) is 0 Å². The fourth-order valence-electron chi connectivity index (χ4n) is 5.66. The molecule has 1 unspecified atom stereocenters. The van der Waals surface area contributed by atoms with Gasteiger partial charge >= 0.3 is 0 Å². The highest BCUT2D eigenvalue weighted by Crippen LogP contribution is 2.26. The van der Waals surface area contributed by atoms with Gasteiger partial charge in [0.15, 0.2) is 0 Å². The maximum Gasteiger partial charge on any atom is 0.227 e. The van der Waals surface area contributed by atoms with E-state index in [2.05, 4.69) is 46.6 Å². The van der Waals surface area contributed by atoms with Gasteiger partial charge in [-0.3, -0.25) is 4.21 Å². The van der Waals surface area contributed by atoms with Crippen molar-refractivity contribution in [2.24, 2.45) is 0 Å². The molecule has 4 heterocycles. The Kier molecular flexibility index (Phi) is 10.4. The van der Waals surface area contributed by atoms with Crippen molar-refractivity contribution in [2.75, 3.05) is 16.9 Å². The van der Waals surface area contributed by atoms with Crippen LogP contribution < -0.4 is 10.6 Å². The van der Waals surface area contributed by atoms with Gasteiger partial charge in [0.05, 0.1) is 40.3 Å². The molecule has 0 spiro atoms. The van der Waals surface area contributed by atoms with Crippen LogP contribution in [0.4, 0.5) is 23.3 Å². The third-order valence-corrected chi connectivity index (χ3v) is 9.70. The van der Waals surface area contributed by atoms with Crippen molar-refractivity contribution in [3.8, 4) is 33.9 Å². The number of hydrogen-bond donors (Lipinski definition) is 2. The van der Waals surface area contributed by atoms with Gasteiger partial charge in [0.2, 0.25) is 11.9 Å². The second kappa shape index (κ2) is 15.8. The third-order valence-electron chi connectivity index (χ3n) is 8.43. The van der Waals surface area contributed by atoms with Crippen LogP contribution in [0.25, 0.3) is 33.9 Å². The lowest BCUT2D eigenvalue weighted by Gasteiger charge is -2.08. The lowest BCUT2D eigenvalue weighted by molar-refractivity contribution is 0.685. The van der Waals surface area contributed by atoms with Gasteiger partial charge in [-0.1, -0.05) is 54.6 Å². The summed E-state index contributed by atoms with van der Waals surface area (Å²) in [4.78, 5) is 18.6. The molecule has 4 aromatic heterocycles. The van der Waals surface area contributed by atoms with Crippen molar-refractivity contribution in [3.05, 3.63) is 164 Å². The molecule has 8 rings (SSSR count). The Morgan fingerprint density at radius 3 is 1.72 bits per heavy atom. The number of benzene rings is 4. The molecular formula is C42H38N10OS. The van der Waals surface area contributed by atoms with Crippen molar-refractivity contribution in [1.82, 2.24) is 39.5 Å². The summed E-state index contributed by atoms with van der Waals surface area (Å²) in [5.74, 6) is 4.75. The number of hydrogen-bond acceptors (Lipinski definition) is 9. The second-order valence-electron chi connectivity index (χ2n) is 12.5. The van der Waals surface area contributed by atoms with E-state index in [-0.39, 0.29) is 0 Å². The highest BCUT2D eigenvalue weighted by molar-refractivity contribution is 7.99. The number of para-hydroxylation sites is 3. The van der Waals surface area contributed by atoms with Crippen molar-refractivity contribution in [2.45, 2.75) is 18.7 Å². The quantitative estimate of drug-likeness (QED) is 0.141. The number of nitrogens with one attached hydrogen (secondary N) is 2. The van der Waals surface area contributed by atoms with Crippen LogP contribution in [0.15, 0.2) is 157 Å². The molecule has 0 radical (unpaired) electrons. The predicted molar refractivity (Wildman–Crippen MR) is 218 cm³/mol. The average molecular weight is 731 g/mol. The minimum absolute atomic E-state index is 0.481. The van der Waals surface area contributed by atoms with E-state index in [9.17, 15) is 4.21 Å². The van der Waals surface area contributed by atoms with Crippen LogP contribution in [0.1, 0.15) is 11.4 Å². The Morgan fingerprint density at radius 1 is 0.630 bits per heavy atom. The highest BCUT2D eigenvalue weighted by Gasteiger charge is 2.13. The van der Waals surface area contributed by atoms with Crippen LogP contribution in [-0.2, 0) is 9.52 Å². The van der Waals surface area contributed by atoms with Crippen molar-refractivity contribution in [1.29, 1.82) is 0 Å². The van der Waals surface area contributed by atoms with Crippen LogP contribution in [0.3, 0.4) is 0 Å². The Labute approximate surface area is 314 Å². The molecule has 0 aliphatic heterocycles. The molecule has 268 valence electrons. The highest BCUT2D eigenvalue weighted by atomic mass is 32.2. The zero-order valence-electron chi connectivity index (χ0n) is 30.0. The zero-order chi connectivity index (χ0) is 37.5. The first-order chi connectivity index (χ1) is 26.2. The molecular weight excluding hydrogens is 693 g/mol. The predicted octanol–water partition coefficient (Wildman–Crippen LogP) is 8.47. The number of rotatable bonds is 9. The summed E-state index contributed by atoms with van der Waals surface area (Å²) >= 11 is 0. The average Bonchev–Trinajstić information content (AvgIpc) is 3.78. The first-order valence-corrected chi connectivity index (χ1v) is 19.2. The molecule has 4 aromatic carbocycles. The fourth-order valence-corrected chi connectivity index (χ4v) is 6.37. The summed E-state index contributed by atoms with van der Waals surface area (Å²) in [7, 11) is -2.23. The summed E-state index contributed by atoms with van der Waals surface area (Å²) in [6.45, 7) is 4.01. The van der Waals surface area contributed by atoms with Gasteiger partial charge in [-0.05, 0) is 102 Å². The number of anilines is 4. The molecule has 8 aromatic rings. The van der Waals surface area contributed by atoms with Crippen LogP contribution in [-0.4, -0.2) is 55.8 Å². The van der Waals surface area contributed by atoms with Crippen LogP contribution in [0.5, 0.6) is 0 Å². The monoisotopic (exact) mass is 730 g/mol. The van der Waals surface area contributed by atoms with E-state index in [0.29, 0.717) is 16.8 Å². The first kappa shape index (κ1) is 35.5. The van der Waals surface area contributed by atoms with Gasteiger partial charge < -0.3 is 10.6 Å². The molecule has 1 atom stereocenters. The van der Waals surface area contributed by atoms with E-state index in [1.54, 1.807) is 30.8 Å². The fraction of sp³-hybridized carbons (Fsp3) is 0.0714. The summed E-state index contributed by atoms with van der Waals surface area (Å²) in [6.07, 6.45) is 8.91. The largest absolute Gasteiger partial charge is 0.324 e. The molecule has 54 heavy (non-hydrogen) atoms. The molecule has 12 heteroatoms. The first-order valence-electron chi connectivity index (χ1n) is 17.1. The molecule has 0 aliphatic rings. The van der Waals surface area contributed by atoms with Crippen LogP contribution in [0, 0.1) is 13.8 Å².